The molecule has 0 fully saturated rings. The van der Waals surface area contributed by atoms with Crippen LogP contribution >= 0.6 is 11.6 Å². The third-order valence-electron chi connectivity index (χ3n) is 2.01. The topological polar surface area (TPSA) is 29.0 Å². The van der Waals surface area contributed by atoms with Gasteiger partial charge in [-0.3, -0.25) is 0 Å². The third-order valence-corrected chi connectivity index (χ3v) is 2.45. The largest absolute Gasteiger partial charge is 0.356 e. The number of hydrogen-bond donors (Lipinski definition) is 0. The molecule has 3 nitrogen and oxygen atoms in total. The second-order valence-electron chi connectivity index (χ2n) is 3.08. The fraction of sp³-hybridized carbons (Fsp3) is 0.556. The molecule has 0 N–H and O–H groups in total. The van der Waals surface area contributed by atoms with Gasteiger partial charge in [-0.25, -0.2) is 9.97 Å². The maximum Gasteiger partial charge on any atom is 0.132 e. The standard InChI is InChI=1S/C9H14ClN3/c1-7(6-10)13(3)9-4-5-11-8(2)12-9/h4-5,7H,6H2,1-3H3. The van der Waals surface area contributed by atoms with Crippen molar-refractivity contribution in [1.82, 2.24) is 9.97 Å². The molecular formula is C9H14ClN3. The fourth-order valence-corrected chi connectivity index (χ4v) is 1.18. The molecule has 0 aliphatic carbocycles. The highest BCUT2D eigenvalue weighted by Crippen LogP contribution is 2.11. The van der Waals surface area contributed by atoms with E-state index in [4.69, 9.17) is 11.6 Å². The highest BCUT2D eigenvalue weighted by molar-refractivity contribution is 6.18. The lowest BCUT2D eigenvalue weighted by Crippen LogP contribution is -2.31. The van der Waals surface area contributed by atoms with Crippen LogP contribution < -0.4 is 4.90 Å². The maximum atomic E-state index is 5.75. The van der Waals surface area contributed by atoms with Gasteiger partial charge in [-0.05, 0) is 19.9 Å². The lowest BCUT2D eigenvalue weighted by atomic mass is 10.3. The van der Waals surface area contributed by atoms with Crippen LogP contribution in [-0.4, -0.2) is 28.9 Å². The van der Waals surface area contributed by atoms with Gasteiger partial charge in [0.25, 0.3) is 0 Å². The average molecular weight is 200 g/mol. The van der Waals surface area contributed by atoms with Crippen molar-refractivity contribution >= 4 is 17.4 Å². The molecule has 0 spiro atoms. The minimum Gasteiger partial charge on any atom is -0.356 e. The first-order chi connectivity index (χ1) is 6.15. The van der Waals surface area contributed by atoms with E-state index in [9.17, 15) is 0 Å². The lowest BCUT2D eigenvalue weighted by Gasteiger charge is -2.23. The van der Waals surface area contributed by atoms with Crippen LogP contribution in [0.1, 0.15) is 12.7 Å². The summed E-state index contributed by atoms with van der Waals surface area (Å²) in [6.45, 7) is 3.94. The molecule has 0 aromatic carbocycles. The number of rotatable bonds is 3. The summed E-state index contributed by atoms with van der Waals surface area (Å²) in [6.07, 6.45) is 1.76. The second kappa shape index (κ2) is 4.42. The van der Waals surface area contributed by atoms with Crippen molar-refractivity contribution in [2.24, 2.45) is 0 Å². The van der Waals surface area contributed by atoms with Crippen molar-refractivity contribution < 1.29 is 0 Å². The molecule has 0 aliphatic heterocycles. The Morgan fingerprint density at radius 3 is 2.85 bits per heavy atom. The molecule has 1 unspecified atom stereocenters. The summed E-state index contributed by atoms with van der Waals surface area (Å²) in [5, 5.41) is 0. The Labute approximate surface area is 83.8 Å². The number of hydrogen-bond acceptors (Lipinski definition) is 3. The Balaban J connectivity index is 2.82. The SMILES string of the molecule is Cc1nccc(N(C)C(C)CCl)n1. The number of aromatic nitrogens is 2. The summed E-state index contributed by atoms with van der Waals surface area (Å²) >= 11 is 5.75. The zero-order chi connectivity index (χ0) is 9.84. The highest BCUT2D eigenvalue weighted by Gasteiger charge is 2.09. The van der Waals surface area contributed by atoms with E-state index in [-0.39, 0.29) is 6.04 Å². The molecule has 1 aromatic heterocycles. The minimum absolute atomic E-state index is 0.288. The molecule has 0 bridgehead atoms. The molecular weight excluding hydrogens is 186 g/mol. The Kier molecular flexibility index (Phi) is 3.48. The Bertz CT molecular complexity index is 277. The zero-order valence-corrected chi connectivity index (χ0v) is 8.91. The number of alkyl halides is 1. The number of halogens is 1. The third kappa shape index (κ3) is 2.56. The van der Waals surface area contributed by atoms with Gasteiger partial charge in [-0.15, -0.1) is 11.6 Å². The molecule has 0 saturated heterocycles. The van der Waals surface area contributed by atoms with Crippen LogP contribution in [0, 0.1) is 6.92 Å². The molecule has 1 rings (SSSR count). The van der Waals surface area contributed by atoms with Crippen molar-refractivity contribution in [1.29, 1.82) is 0 Å². The predicted molar refractivity (Wildman–Crippen MR) is 55.4 cm³/mol. The summed E-state index contributed by atoms with van der Waals surface area (Å²) in [5.41, 5.74) is 0. The van der Waals surface area contributed by atoms with Gasteiger partial charge in [0, 0.05) is 25.2 Å². The zero-order valence-electron chi connectivity index (χ0n) is 8.16. The summed E-state index contributed by atoms with van der Waals surface area (Å²) in [5.74, 6) is 2.30. The van der Waals surface area contributed by atoms with Gasteiger partial charge in [0.15, 0.2) is 0 Å². The highest BCUT2D eigenvalue weighted by atomic mass is 35.5. The van der Waals surface area contributed by atoms with E-state index in [1.165, 1.54) is 0 Å². The van der Waals surface area contributed by atoms with E-state index < -0.39 is 0 Å². The summed E-state index contributed by atoms with van der Waals surface area (Å²) < 4.78 is 0. The van der Waals surface area contributed by atoms with Crippen molar-refractivity contribution in [3.05, 3.63) is 18.1 Å². The number of aryl methyl sites for hydroxylation is 1. The van der Waals surface area contributed by atoms with E-state index >= 15 is 0 Å². The van der Waals surface area contributed by atoms with Crippen LogP contribution in [0.4, 0.5) is 5.82 Å². The number of nitrogens with zero attached hydrogens (tertiary/aromatic N) is 3. The average Bonchev–Trinajstić information content (AvgIpc) is 2.15. The molecule has 0 saturated carbocycles. The van der Waals surface area contributed by atoms with Gasteiger partial charge in [-0.1, -0.05) is 0 Å². The normalized spacial score (nSPS) is 12.6. The first kappa shape index (κ1) is 10.3. The smallest absolute Gasteiger partial charge is 0.132 e. The van der Waals surface area contributed by atoms with Crippen molar-refractivity contribution in [3.63, 3.8) is 0 Å². The molecule has 1 aromatic rings. The first-order valence-electron chi connectivity index (χ1n) is 4.23. The molecule has 0 amide bonds. The Morgan fingerprint density at radius 1 is 1.62 bits per heavy atom. The molecule has 1 heterocycles. The quantitative estimate of drug-likeness (QED) is 0.696. The molecule has 0 radical (unpaired) electrons. The molecule has 72 valence electrons. The van der Waals surface area contributed by atoms with Crippen LogP contribution in [0.25, 0.3) is 0 Å². The molecule has 0 aliphatic rings. The summed E-state index contributed by atoms with van der Waals surface area (Å²) in [4.78, 5) is 10.4. The van der Waals surface area contributed by atoms with Crippen molar-refractivity contribution in [2.45, 2.75) is 19.9 Å². The lowest BCUT2D eigenvalue weighted by molar-refractivity contribution is 0.744. The van der Waals surface area contributed by atoms with Gasteiger partial charge in [0.2, 0.25) is 0 Å². The van der Waals surface area contributed by atoms with Crippen molar-refractivity contribution in [2.75, 3.05) is 17.8 Å². The number of anilines is 1. The molecule has 13 heavy (non-hydrogen) atoms. The predicted octanol–water partition coefficient (Wildman–Crippen LogP) is 1.85. The Morgan fingerprint density at radius 2 is 2.31 bits per heavy atom. The van der Waals surface area contributed by atoms with Crippen LogP contribution in [-0.2, 0) is 0 Å². The van der Waals surface area contributed by atoms with Gasteiger partial charge in [0.1, 0.15) is 11.6 Å². The van der Waals surface area contributed by atoms with Crippen LogP contribution in [0.5, 0.6) is 0 Å². The van der Waals surface area contributed by atoms with Crippen LogP contribution in [0.15, 0.2) is 12.3 Å². The van der Waals surface area contributed by atoms with Gasteiger partial charge in [0.05, 0.1) is 0 Å². The Hall–Kier alpha value is -0.830. The van der Waals surface area contributed by atoms with Crippen LogP contribution in [0.3, 0.4) is 0 Å². The van der Waals surface area contributed by atoms with E-state index in [1.54, 1.807) is 6.20 Å². The van der Waals surface area contributed by atoms with Crippen LogP contribution in [0.2, 0.25) is 0 Å². The summed E-state index contributed by atoms with van der Waals surface area (Å²) in [6, 6.07) is 2.17. The van der Waals surface area contributed by atoms with E-state index in [0.717, 1.165) is 11.6 Å². The first-order valence-corrected chi connectivity index (χ1v) is 4.77. The van der Waals surface area contributed by atoms with Gasteiger partial charge < -0.3 is 4.90 Å². The molecule has 1 atom stereocenters. The second-order valence-corrected chi connectivity index (χ2v) is 3.38. The van der Waals surface area contributed by atoms with E-state index in [0.29, 0.717) is 5.88 Å². The summed E-state index contributed by atoms with van der Waals surface area (Å²) in [7, 11) is 1.98. The van der Waals surface area contributed by atoms with E-state index in [2.05, 4.69) is 16.9 Å². The van der Waals surface area contributed by atoms with Gasteiger partial charge in [-0.2, -0.15) is 0 Å². The minimum atomic E-state index is 0.288. The van der Waals surface area contributed by atoms with Crippen molar-refractivity contribution in [3.8, 4) is 0 Å². The fourth-order valence-electron chi connectivity index (χ4n) is 0.969. The molecule has 4 heteroatoms. The van der Waals surface area contributed by atoms with E-state index in [1.807, 2.05) is 24.9 Å². The maximum absolute atomic E-state index is 5.75. The van der Waals surface area contributed by atoms with Gasteiger partial charge >= 0.3 is 0 Å². The monoisotopic (exact) mass is 199 g/mol.